The van der Waals surface area contributed by atoms with E-state index >= 15 is 0 Å². The molecular weight excluding hydrogens is 240 g/mol. The Bertz CT molecular complexity index is 468. The van der Waals surface area contributed by atoms with E-state index in [1.54, 1.807) is 6.92 Å². The first-order chi connectivity index (χ1) is 7.91. The largest absolute Gasteiger partial charge is 0.478 e. The van der Waals surface area contributed by atoms with Crippen molar-refractivity contribution in [3.05, 3.63) is 21.7 Å². The molecule has 0 aromatic carbocycles. The number of nitrogens with one attached hydrogen (secondary N) is 1. The minimum Gasteiger partial charge on any atom is -0.478 e. The number of aryl methyl sites for hydroxylation is 1. The summed E-state index contributed by atoms with van der Waals surface area (Å²) in [7, 11) is 0. The van der Waals surface area contributed by atoms with Gasteiger partial charge in [0.15, 0.2) is 0 Å². The van der Waals surface area contributed by atoms with E-state index in [-0.39, 0.29) is 5.56 Å². The molecule has 0 bridgehead atoms. The van der Waals surface area contributed by atoms with E-state index in [2.05, 4.69) is 23.8 Å². The smallest absolute Gasteiger partial charge is 0.346 e. The van der Waals surface area contributed by atoms with Gasteiger partial charge in [0.2, 0.25) is 0 Å². The molecule has 0 spiro atoms. The number of hydrogen-bond acceptors (Lipinski definition) is 4. The first-order valence-electron chi connectivity index (χ1n) is 5.38. The molecule has 0 unspecified atom stereocenters. The molecular formula is C11H16N2O3S. The van der Waals surface area contributed by atoms with Crippen LogP contribution in [-0.2, 0) is 0 Å². The number of aromatic amines is 1. The SMILES string of the molecule is Cc1[nH]c(=O)nc(SCCC(C)C)c1C(=O)O. The van der Waals surface area contributed by atoms with Crippen molar-refractivity contribution in [2.45, 2.75) is 32.2 Å². The van der Waals surface area contributed by atoms with Crippen molar-refractivity contribution in [2.24, 2.45) is 5.92 Å². The van der Waals surface area contributed by atoms with E-state index in [9.17, 15) is 9.59 Å². The van der Waals surface area contributed by atoms with Crippen molar-refractivity contribution in [1.82, 2.24) is 9.97 Å². The predicted molar refractivity (Wildman–Crippen MR) is 66.7 cm³/mol. The van der Waals surface area contributed by atoms with Gasteiger partial charge in [-0.1, -0.05) is 13.8 Å². The molecule has 0 atom stereocenters. The third-order valence-corrected chi connectivity index (χ3v) is 3.24. The van der Waals surface area contributed by atoms with Crippen molar-refractivity contribution in [2.75, 3.05) is 5.75 Å². The number of rotatable bonds is 5. The highest BCUT2D eigenvalue weighted by Gasteiger charge is 2.16. The van der Waals surface area contributed by atoms with E-state index in [0.29, 0.717) is 16.6 Å². The Kier molecular flexibility index (Phi) is 4.74. The van der Waals surface area contributed by atoms with Crippen LogP contribution in [0.4, 0.5) is 0 Å². The highest BCUT2D eigenvalue weighted by atomic mass is 32.2. The summed E-state index contributed by atoms with van der Waals surface area (Å²) in [5, 5.41) is 9.38. The summed E-state index contributed by atoms with van der Waals surface area (Å²) in [5.41, 5.74) is -0.0533. The zero-order valence-electron chi connectivity index (χ0n) is 10.1. The number of carbonyl (C=O) groups is 1. The van der Waals surface area contributed by atoms with Crippen LogP contribution >= 0.6 is 11.8 Å². The molecule has 0 saturated carbocycles. The Morgan fingerprint density at radius 2 is 2.18 bits per heavy atom. The Hall–Kier alpha value is -1.30. The monoisotopic (exact) mass is 256 g/mol. The fourth-order valence-electron chi connectivity index (χ4n) is 1.31. The molecule has 1 aromatic heterocycles. The number of carboxylic acid groups (broad SMARTS) is 1. The maximum atomic E-state index is 11.2. The molecule has 0 aliphatic carbocycles. The van der Waals surface area contributed by atoms with E-state index in [0.717, 1.165) is 12.2 Å². The summed E-state index contributed by atoms with van der Waals surface area (Å²) in [5.74, 6) is 0.241. The molecule has 2 N–H and O–H groups in total. The van der Waals surface area contributed by atoms with Gasteiger partial charge in [0.05, 0.1) is 0 Å². The number of aromatic carboxylic acids is 1. The molecule has 94 valence electrons. The number of nitrogens with zero attached hydrogens (tertiary/aromatic N) is 1. The van der Waals surface area contributed by atoms with Crippen LogP contribution in [0.15, 0.2) is 9.82 Å². The quantitative estimate of drug-likeness (QED) is 0.621. The van der Waals surface area contributed by atoms with E-state index in [4.69, 9.17) is 5.11 Å². The van der Waals surface area contributed by atoms with E-state index in [1.807, 2.05) is 0 Å². The van der Waals surface area contributed by atoms with Crippen molar-refractivity contribution in [3.63, 3.8) is 0 Å². The maximum absolute atomic E-state index is 11.2. The Balaban J connectivity index is 2.96. The normalized spacial score (nSPS) is 10.8. The maximum Gasteiger partial charge on any atom is 0.346 e. The molecule has 1 aromatic rings. The summed E-state index contributed by atoms with van der Waals surface area (Å²) in [4.78, 5) is 28.4. The second kappa shape index (κ2) is 5.86. The van der Waals surface area contributed by atoms with Crippen molar-refractivity contribution in [3.8, 4) is 0 Å². The molecule has 0 aliphatic rings. The van der Waals surface area contributed by atoms with E-state index in [1.165, 1.54) is 11.8 Å². The summed E-state index contributed by atoms with van der Waals surface area (Å²) in [6, 6.07) is 0. The molecule has 0 saturated heterocycles. The van der Waals surface area contributed by atoms with Gasteiger partial charge in [-0.15, -0.1) is 11.8 Å². The fraction of sp³-hybridized carbons (Fsp3) is 0.545. The zero-order valence-corrected chi connectivity index (χ0v) is 10.9. The van der Waals surface area contributed by atoms with Gasteiger partial charge >= 0.3 is 11.7 Å². The lowest BCUT2D eigenvalue weighted by molar-refractivity contribution is 0.0690. The molecule has 17 heavy (non-hydrogen) atoms. The molecule has 1 rings (SSSR count). The van der Waals surface area contributed by atoms with Crippen LogP contribution in [-0.4, -0.2) is 26.8 Å². The van der Waals surface area contributed by atoms with Crippen LogP contribution in [0.1, 0.15) is 36.3 Å². The van der Waals surface area contributed by atoms with Crippen LogP contribution in [0.25, 0.3) is 0 Å². The topological polar surface area (TPSA) is 83.0 Å². The van der Waals surface area contributed by atoms with Gasteiger partial charge in [-0.3, -0.25) is 0 Å². The Morgan fingerprint density at radius 3 is 2.71 bits per heavy atom. The average Bonchev–Trinajstić information content (AvgIpc) is 2.14. The molecule has 1 heterocycles. The summed E-state index contributed by atoms with van der Waals surface area (Å²) < 4.78 is 0. The number of thioether (sulfide) groups is 1. The van der Waals surface area contributed by atoms with Gasteiger partial charge in [-0.25, -0.2) is 9.59 Å². The molecule has 0 amide bonds. The zero-order chi connectivity index (χ0) is 13.0. The van der Waals surface area contributed by atoms with Crippen LogP contribution in [0.3, 0.4) is 0 Å². The van der Waals surface area contributed by atoms with Crippen LogP contribution in [0.5, 0.6) is 0 Å². The third kappa shape index (κ3) is 3.89. The van der Waals surface area contributed by atoms with Crippen molar-refractivity contribution in [1.29, 1.82) is 0 Å². The number of hydrogen-bond donors (Lipinski definition) is 2. The number of aromatic nitrogens is 2. The summed E-state index contributed by atoms with van der Waals surface area (Å²) in [6.45, 7) is 5.75. The standard InChI is InChI=1S/C11H16N2O3S/c1-6(2)4-5-17-9-8(10(14)15)7(3)12-11(16)13-9/h6H,4-5H2,1-3H3,(H,14,15)(H,12,13,16). The number of carboxylic acids is 1. The van der Waals surface area contributed by atoms with Crippen LogP contribution in [0.2, 0.25) is 0 Å². The van der Waals surface area contributed by atoms with Gasteiger partial charge in [0.1, 0.15) is 10.6 Å². The van der Waals surface area contributed by atoms with Crippen LogP contribution in [0, 0.1) is 12.8 Å². The average molecular weight is 256 g/mol. The molecule has 0 fully saturated rings. The first kappa shape index (κ1) is 13.8. The predicted octanol–water partition coefficient (Wildman–Crippen LogP) is 1.91. The minimum absolute atomic E-state index is 0.0957. The lowest BCUT2D eigenvalue weighted by Gasteiger charge is -2.07. The highest BCUT2D eigenvalue weighted by Crippen LogP contribution is 2.22. The van der Waals surface area contributed by atoms with Crippen LogP contribution < -0.4 is 5.69 Å². The first-order valence-corrected chi connectivity index (χ1v) is 6.37. The second-order valence-corrected chi connectivity index (χ2v) is 5.27. The summed E-state index contributed by atoms with van der Waals surface area (Å²) >= 11 is 1.32. The highest BCUT2D eigenvalue weighted by molar-refractivity contribution is 7.99. The second-order valence-electron chi connectivity index (χ2n) is 4.18. The minimum atomic E-state index is -1.06. The number of H-pyrrole nitrogens is 1. The van der Waals surface area contributed by atoms with Gasteiger partial charge in [-0.2, -0.15) is 4.98 Å². The lowest BCUT2D eigenvalue weighted by Crippen LogP contribution is -2.18. The van der Waals surface area contributed by atoms with E-state index < -0.39 is 11.7 Å². The van der Waals surface area contributed by atoms with Gasteiger partial charge in [0, 0.05) is 5.69 Å². The van der Waals surface area contributed by atoms with Gasteiger partial charge in [0.25, 0.3) is 0 Å². The third-order valence-electron chi connectivity index (χ3n) is 2.23. The molecule has 0 aliphatic heterocycles. The van der Waals surface area contributed by atoms with Gasteiger partial charge < -0.3 is 10.1 Å². The Morgan fingerprint density at radius 1 is 1.53 bits per heavy atom. The Labute approximate surface area is 104 Å². The van der Waals surface area contributed by atoms with Crippen molar-refractivity contribution >= 4 is 17.7 Å². The molecule has 5 nitrogen and oxygen atoms in total. The lowest BCUT2D eigenvalue weighted by atomic mass is 10.2. The molecule has 6 heteroatoms. The van der Waals surface area contributed by atoms with Gasteiger partial charge in [-0.05, 0) is 25.0 Å². The molecule has 0 radical (unpaired) electrons. The fourth-order valence-corrected chi connectivity index (χ4v) is 2.62. The van der Waals surface area contributed by atoms with Crippen molar-refractivity contribution < 1.29 is 9.90 Å². The summed E-state index contributed by atoms with van der Waals surface area (Å²) in [6.07, 6.45) is 0.956.